The molecule has 1 aromatic carbocycles. The van der Waals surface area contributed by atoms with Crippen molar-refractivity contribution in [2.24, 2.45) is 5.73 Å². The van der Waals surface area contributed by atoms with Crippen LogP contribution in [0.25, 0.3) is 0 Å². The van der Waals surface area contributed by atoms with E-state index in [-0.39, 0.29) is 18.6 Å². The van der Waals surface area contributed by atoms with Gasteiger partial charge in [-0.15, -0.1) is 0 Å². The van der Waals surface area contributed by atoms with Crippen molar-refractivity contribution in [3.63, 3.8) is 0 Å². The molecule has 6 heteroatoms. The molecule has 21 heavy (non-hydrogen) atoms. The third-order valence-electron chi connectivity index (χ3n) is 3.70. The topological polar surface area (TPSA) is 75.8 Å². The van der Waals surface area contributed by atoms with Crippen molar-refractivity contribution in [3.05, 3.63) is 28.8 Å². The van der Waals surface area contributed by atoms with Crippen LogP contribution < -0.4 is 10.5 Å². The SMILES string of the molecule is CN1CCC(Oc2ccc(C(N)CCC(=O)O)cc2Cl)C1. The van der Waals surface area contributed by atoms with Crippen molar-refractivity contribution in [3.8, 4) is 5.75 Å². The Bertz CT molecular complexity index is 510. The molecule has 1 aliphatic rings. The Labute approximate surface area is 129 Å². The zero-order valence-electron chi connectivity index (χ0n) is 12.1. The van der Waals surface area contributed by atoms with Crippen molar-refractivity contribution in [1.29, 1.82) is 0 Å². The number of hydrogen-bond acceptors (Lipinski definition) is 4. The van der Waals surface area contributed by atoms with E-state index in [1.807, 2.05) is 12.1 Å². The Hall–Kier alpha value is -1.30. The summed E-state index contributed by atoms with van der Waals surface area (Å²) in [6.45, 7) is 1.93. The lowest BCUT2D eigenvalue weighted by atomic mass is 10.0. The van der Waals surface area contributed by atoms with Gasteiger partial charge in [-0.25, -0.2) is 0 Å². The number of carboxylic acids is 1. The fraction of sp³-hybridized carbons (Fsp3) is 0.533. The van der Waals surface area contributed by atoms with Gasteiger partial charge in [-0.05, 0) is 37.6 Å². The number of hydrogen-bond donors (Lipinski definition) is 2. The predicted octanol–water partition coefficient (Wildman–Crippen LogP) is 2.29. The first-order valence-electron chi connectivity index (χ1n) is 7.07. The fourth-order valence-corrected chi connectivity index (χ4v) is 2.69. The third-order valence-corrected chi connectivity index (χ3v) is 3.99. The van der Waals surface area contributed by atoms with Crippen LogP contribution in [0.4, 0.5) is 0 Å². The molecular formula is C15H21ClN2O3. The first kappa shape index (κ1) is 16.1. The van der Waals surface area contributed by atoms with Crippen LogP contribution in [0.15, 0.2) is 18.2 Å². The minimum Gasteiger partial charge on any atom is -0.487 e. The number of halogens is 1. The Kier molecular flexibility index (Phi) is 5.45. The normalized spacial score (nSPS) is 20.4. The van der Waals surface area contributed by atoms with Gasteiger partial charge in [-0.3, -0.25) is 4.79 Å². The number of ether oxygens (including phenoxy) is 1. The second kappa shape index (κ2) is 7.11. The fourth-order valence-electron chi connectivity index (χ4n) is 2.46. The van der Waals surface area contributed by atoms with Crippen molar-refractivity contribution in [2.45, 2.75) is 31.4 Å². The van der Waals surface area contributed by atoms with Gasteiger partial charge in [0.2, 0.25) is 0 Å². The molecule has 0 spiro atoms. The van der Waals surface area contributed by atoms with Crippen molar-refractivity contribution >= 4 is 17.6 Å². The van der Waals surface area contributed by atoms with Gasteiger partial charge in [-0.1, -0.05) is 17.7 Å². The standard InChI is InChI=1S/C15H21ClN2O3/c1-18-7-6-11(9-18)21-14-4-2-10(8-12(14)16)13(17)3-5-15(19)20/h2,4,8,11,13H,3,5-7,9,17H2,1H3,(H,19,20). The van der Waals surface area contributed by atoms with E-state index < -0.39 is 5.97 Å². The van der Waals surface area contributed by atoms with Gasteiger partial charge in [0, 0.05) is 25.6 Å². The Morgan fingerprint density at radius 2 is 2.38 bits per heavy atom. The summed E-state index contributed by atoms with van der Waals surface area (Å²) in [6, 6.07) is 5.11. The van der Waals surface area contributed by atoms with Crippen LogP contribution in [-0.4, -0.2) is 42.2 Å². The predicted molar refractivity (Wildman–Crippen MR) is 81.8 cm³/mol. The maximum atomic E-state index is 10.6. The molecular weight excluding hydrogens is 292 g/mol. The van der Waals surface area contributed by atoms with E-state index in [1.165, 1.54) is 0 Å². The van der Waals surface area contributed by atoms with Gasteiger partial charge in [0.1, 0.15) is 11.9 Å². The molecule has 5 nitrogen and oxygen atoms in total. The minimum absolute atomic E-state index is 0.0471. The van der Waals surface area contributed by atoms with E-state index in [4.69, 9.17) is 27.2 Å². The number of carboxylic acid groups (broad SMARTS) is 1. The highest BCUT2D eigenvalue weighted by molar-refractivity contribution is 6.32. The lowest BCUT2D eigenvalue weighted by Gasteiger charge is -2.17. The first-order valence-corrected chi connectivity index (χ1v) is 7.45. The van der Waals surface area contributed by atoms with Crippen LogP contribution in [0, 0.1) is 0 Å². The maximum Gasteiger partial charge on any atom is 0.303 e. The number of benzene rings is 1. The molecule has 1 saturated heterocycles. The lowest BCUT2D eigenvalue weighted by Crippen LogP contribution is -2.21. The van der Waals surface area contributed by atoms with Gasteiger partial charge in [-0.2, -0.15) is 0 Å². The van der Waals surface area contributed by atoms with E-state index in [1.54, 1.807) is 6.07 Å². The molecule has 2 rings (SSSR count). The Morgan fingerprint density at radius 3 is 2.95 bits per heavy atom. The number of likely N-dealkylation sites (N-methyl/N-ethyl adjacent to an activating group) is 1. The van der Waals surface area contributed by atoms with E-state index in [2.05, 4.69) is 11.9 Å². The number of rotatable bonds is 6. The summed E-state index contributed by atoms with van der Waals surface area (Å²) in [7, 11) is 2.07. The maximum absolute atomic E-state index is 10.6. The quantitative estimate of drug-likeness (QED) is 0.843. The first-order chi connectivity index (χ1) is 9.95. The molecule has 0 saturated carbocycles. The zero-order valence-corrected chi connectivity index (χ0v) is 12.8. The highest BCUT2D eigenvalue weighted by Gasteiger charge is 2.22. The van der Waals surface area contributed by atoms with E-state index in [0.717, 1.165) is 25.1 Å². The Morgan fingerprint density at radius 1 is 1.62 bits per heavy atom. The van der Waals surface area contributed by atoms with Gasteiger partial charge in [0.05, 0.1) is 5.02 Å². The molecule has 116 valence electrons. The average Bonchev–Trinajstić information content (AvgIpc) is 2.83. The number of nitrogens with zero attached hydrogens (tertiary/aromatic N) is 1. The van der Waals surface area contributed by atoms with Gasteiger partial charge in [0.15, 0.2) is 0 Å². The van der Waals surface area contributed by atoms with Crippen LogP contribution in [0.1, 0.15) is 30.9 Å². The second-order valence-electron chi connectivity index (χ2n) is 5.52. The van der Waals surface area contributed by atoms with Crippen molar-refractivity contribution in [1.82, 2.24) is 4.90 Å². The second-order valence-corrected chi connectivity index (χ2v) is 5.93. The highest BCUT2D eigenvalue weighted by Crippen LogP contribution is 2.30. The van der Waals surface area contributed by atoms with Crippen LogP contribution in [-0.2, 0) is 4.79 Å². The van der Waals surface area contributed by atoms with Gasteiger partial charge in [0.25, 0.3) is 0 Å². The van der Waals surface area contributed by atoms with Crippen LogP contribution in [0.3, 0.4) is 0 Å². The largest absolute Gasteiger partial charge is 0.487 e. The molecule has 1 fully saturated rings. The van der Waals surface area contributed by atoms with E-state index in [9.17, 15) is 4.79 Å². The average molecular weight is 313 g/mol. The minimum atomic E-state index is -0.846. The summed E-state index contributed by atoms with van der Waals surface area (Å²) >= 11 is 6.24. The van der Waals surface area contributed by atoms with E-state index in [0.29, 0.717) is 17.2 Å². The van der Waals surface area contributed by atoms with Crippen molar-refractivity contribution < 1.29 is 14.6 Å². The molecule has 0 aromatic heterocycles. The van der Waals surface area contributed by atoms with Crippen LogP contribution in [0.5, 0.6) is 5.75 Å². The molecule has 0 amide bonds. The summed E-state index contributed by atoms with van der Waals surface area (Å²) in [5, 5.41) is 9.20. The highest BCUT2D eigenvalue weighted by atomic mass is 35.5. The number of carbonyl (C=O) groups is 1. The molecule has 0 radical (unpaired) electrons. The van der Waals surface area contributed by atoms with Crippen molar-refractivity contribution in [2.75, 3.05) is 20.1 Å². The van der Waals surface area contributed by atoms with E-state index >= 15 is 0 Å². The number of nitrogens with two attached hydrogens (primary N) is 1. The molecule has 3 N–H and O–H groups in total. The van der Waals surface area contributed by atoms with Gasteiger partial charge < -0.3 is 20.5 Å². The monoisotopic (exact) mass is 312 g/mol. The molecule has 2 atom stereocenters. The molecule has 0 bridgehead atoms. The Balaban J connectivity index is 1.98. The summed E-state index contributed by atoms with van der Waals surface area (Å²) < 4.78 is 5.90. The molecule has 1 aliphatic heterocycles. The number of aliphatic carboxylic acids is 1. The molecule has 1 aromatic rings. The number of likely N-dealkylation sites (tertiary alicyclic amines) is 1. The molecule has 1 heterocycles. The summed E-state index contributed by atoms with van der Waals surface area (Å²) in [4.78, 5) is 12.8. The van der Waals surface area contributed by atoms with Crippen LogP contribution >= 0.6 is 11.6 Å². The van der Waals surface area contributed by atoms with Crippen LogP contribution in [0.2, 0.25) is 5.02 Å². The molecule has 0 aliphatic carbocycles. The third kappa shape index (κ3) is 4.59. The van der Waals surface area contributed by atoms with Gasteiger partial charge >= 0.3 is 5.97 Å². The molecule has 2 unspecified atom stereocenters. The zero-order chi connectivity index (χ0) is 15.4. The smallest absolute Gasteiger partial charge is 0.303 e. The summed E-state index contributed by atoms with van der Waals surface area (Å²) in [5.41, 5.74) is 6.81. The summed E-state index contributed by atoms with van der Waals surface area (Å²) in [6.07, 6.45) is 1.59. The lowest BCUT2D eigenvalue weighted by molar-refractivity contribution is -0.137. The summed E-state index contributed by atoms with van der Waals surface area (Å²) in [5.74, 6) is -0.187.